The number of allylic oxidation sites excluding steroid dienone is 3. The van der Waals surface area contributed by atoms with E-state index in [4.69, 9.17) is 12.6 Å². The zero-order chi connectivity index (χ0) is 29.4. The monoisotopic (exact) mass is 643 g/mol. The Labute approximate surface area is 228 Å². The molecule has 0 aliphatic heterocycles. The molecule has 0 N–H and O–H groups in total. The number of aryl methyl sites for hydroxylation is 1. The van der Waals surface area contributed by atoms with Crippen LogP contribution in [0.1, 0.15) is 32.0 Å². The third-order valence-corrected chi connectivity index (χ3v) is 4.34. The van der Waals surface area contributed by atoms with Crippen molar-refractivity contribution in [2.75, 3.05) is 0 Å². The first-order valence-corrected chi connectivity index (χ1v) is 10.3. The predicted octanol–water partition coefficient (Wildman–Crippen LogP) is 7.45. The van der Waals surface area contributed by atoms with Crippen molar-refractivity contribution in [3.8, 4) is 0 Å². The van der Waals surface area contributed by atoms with E-state index < -0.39 is 24.6 Å². The average Bonchev–Trinajstić information content (AvgIpc) is 3.27. The smallest absolute Gasteiger partial charge is 0.855 e. The molecule has 0 saturated carbocycles. The average molecular weight is 643 g/mol. The second kappa shape index (κ2) is 13.9. The van der Waals surface area contributed by atoms with Crippen molar-refractivity contribution >= 4 is 27.8 Å². The van der Waals surface area contributed by atoms with Crippen LogP contribution in [0, 0.1) is 25.9 Å². The molecule has 3 aromatic heterocycles. The van der Waals surface area contributed by atoms with Gasteiger partial charge in [0.05, 0.1) is 4.11 Å². The van der Waals surface area contributed by atoms with E-state index in [-0.39, 0.29) is 31.9 Å². The van der Waals surface area contributed by atoms with Gasteiger partial charge in [0, 0.05) is 33.1 Å². The van der Waals surface area contributed by atoms with Gasteiger partial charge in [-0.25, -0.2) is 10.7 Å². The standard InChI is InChI=1S/C12H8NO.C12H11N.C6H7N.Ir/c1-8-6-7-10-9-4-2-3-5-11(9)14-12(10)13-8;1-10(2)8-9-12(13)11-6-4-3-5-7-11;1-6-3-2-4-7-5-6;/h2,4-7H,1H3;3-6,8-9H,1H2,2H3;2-5H,1H3;/q-1;-2;;+3/b;9-8-;;/i;;1D3,2D,3D,5D;. The molecule has 0 radical (unpaired) electrons. The van der Waals surface area contributed by atoms with E-state index in [0.29, 0.717) is 11.3 Å². The predicted molar refractivity (Wildman–Crippen MR) is 141 cm³/mol. The van der Waals surface area contributed by atoms with Crippen molar-refractivity contribution in [2.45, 2.75) is 20.7 Å². The first-order valence-electron chi connectivity index (χ1n) is 13.3. The summed E-state index contributed by atoms with van der Waals surface area (Å²) in [6.07, 6.45) is 3.92. The van der Waals surface area contributed by atoms with Crippen molar-refractivity contribution < 1.29 is 32.7 Å². The van der Waals surface area contributed by atoms with E-state index in [9.17, 15) is 5.41 Å². The molecule has 0 saturated heterocycles. The zero-order valence-corrected chi connectivity index (χ0v) is 21.6. The first-order chi connectivity index (χ1) is 18.9. The maximum absolute atomic E-state index is 9.53. The van der Waals surface area contributed by atoms with Crippen molar-refractivity contribution in [1.82, 2.24) is 9.97 Å². The van der Waals surface area contributed by atoms with Gasteiger partial charge in [-0.2, -0.15) is 23.8 Å². The molecule has 5 rings (SSSR count). The molecule has 0 spiro atoms. The van der Waals surface area contributed by atoms with Gasteiger partial charge < -0.3 is 9.83 Å². The molecule has 176 valence electrons. The number of pyridine rings is 2. The van der Waals surface area contributed by atoms with Crippen molar-refractivity contribution in [2.24, 2.45) is 0 Å². The van der Waals surface area contributed by atoms with Crippen molar-refractivity contribution in [3.63, 3.8) is 0 Å². The maximum Gasteiger partial charge on any atom is 3.00 e. The summed E-state index contributed by atoms with van der Waals surface area (Å²) in [7, 11) is 0. The fourth-order valence-corrected chi connectivity index (χ4v) is 2.77. The molecule has 2 aromatic carbocycles. The van der Waals surface area contributed by atoms with Crippen LogP contribution in [-0.4, -0.2) is 15.7 Å². The molecule has 5 aromatic rings. The largest absolute Gasteiger partial charge is 3.00 e. The number of rotatable bonds is 3. The van der Waals surface area contributed by atoms with Gasteiger partial charge in [-0.1, -0.05) is 29.7 Å². The molecular formula is C30H26IrN3O. The fraction of sp³-hybridized carbons (Fsp3) is 0.100. The van der Waals surface area contributed by atoms with Gasteiger partial charge in [0.15, 0.2) is 0 Å². The van der Waals surface area contributed by atoms with E-state index in [2.05, 4.69) is 28.7 Å². The molecule has 0 aliphatic rings. The number of nitrogens with zero attached hydrogens (tertiary/aromatic N) is 3. The molecule has 0 aliphatic carbocycles. The van der Waals surface area contributed by atoms with Crippen LogP contribution in [-0.2, 0) is 20.1 Å². The molecular weight excluding hydrogens is 611 g/mol. The fourth-order valence-electron chi connectivity index (χ4n) is 2.77. The number of hydrogen-bond donors (Lipinski definition) is 0. The van der Waals surface area contributed by atoms with Crippen LogP contribution in [0.15, 0.2) is 108 Å². The van der Waals surface area contributed by atoms with Gasteiger partial charge in [-0.15, -0.1) is 42.5 Å². The van der Waals surface area contributed by atoms with E-state index >= 15 is 0 Å². The van der Waals surface area contributed by atoms with Crippen LogP contribution in [0.2, 0.25) is 0 Å². The third-order valence-electron chi connectivity index (χ3n) is 4.34. The third kappa shape index (κ3) is 8.56. The Bertz CT molecular complexity index is 1680. The van der Waals surface area contributed by atoms with Crippen molar-refractivity contribution in [3.05, 3.63) is 138 Å². The van der Waals surface area contributed by atoms with Gasteiger partial charge in [0.25, 0.3) is 0 Å². The Morgan fingerprint density at radius 1 is 1.17 bits per heavy atom. The van der Waals surface area contributed by atoms with Gasteiger partial charge >= 0.3 is 20.1 Å². The molecule has 0 unspecified atom stereocenters. The summed E-state index contributed by atoms with van der Waals surface area (Å²) in [4.78, 5) is 7.74. The summed E-state index contributed by atoms with van der Waals surface area (Å²) >= 11 is 0. The summed E-state index contributed by atoms with van der Waals surface area (Å²) in [6, 6.07) is 22.2. The second-order valence-electron chi connectivity index (χ2n) is 7.19. The molecule has 0 bridgehead atoms. The SMILES string of the molecule is C=C(C)/C=C\C(=[N-])c1[c-]cccc1.Cc1ccc2c(n1)oc1c[c-]ccc12.[2H]c1cnc([2H])c(C([2H])([2H])[2H])c1[2H].[Ir+3]. The Morgan fingerprint density at radius 2 is 2.03 bits per heavy atom. The second-order valence-corrected chi connectivity index (χ2v) is 7.19. The van der Waals surface area contributed by atoms with E-state index in [0.717, 1.165) is 33.8 Å². The molecule has 4 nitrogen and oxygen atoms in total. The summed E-state index contributed by atoms with van der Waals surface area (Å²) in [5.41, 5.74) is 3.88. The quantitative estimate of drug-likeness (QED) is 0.117. The molecule has 0 amide bonds. The van der Waals surface area contributed by atoms with E-state index in [1.807, 2.05) is 56.3 Å². The van der Waals surface area contributed by atoms with Crippen LogP contribution >= 0.6 is 0 Å². The van der Waals surface area contributed by atoms with Crippen LogP contribution in [0.3, 0.4) is 0 Å². The molecule has 0 atom stereocenters. The van der Waals surface area contributed by atoms with Crippen LogP contribution in [0.4, 0.5) is 0 Å². The van der Waals surface area contributed by atoms with Gasteiger partial charge in [-0.3, -0.25) is 4.98 Å². The first kappa shape index (κ1) is 19.6. The minimum Gasteiger partial charge on any atom is -0.855 e. The Hall–Kier alpha value is -3.66. The number of benzene rings is 2. The summed E-state index contributed by atoms with van der Waals surface area (Å²) in [5, 5.41) is 11.7. The molecule has 35 heavy (non-hydrogen) atoms. The number of aromatic nitrogens is 2. The Kier molecular flexibility index (Phi) is 7.80. The van der Waals surface area contributed by atoms with Gasteiger partial charge in [0.2, 0.25) is 5.71 Å². The number of furan rings is 1. The van der Waals surface area contributed by atoms with Crippen LogP contribution in [0.5, 0.6) is 0 Å². The Morgan fingerprint density at radius 3 is 2.74 bits per heavy atom. The minimum absolute atomic E-state index is 0. The summed E-state index contributed by atoms with van der Waals surface area (Å²) in [6.45, 7) is 4.99. The van der Waals surface area contributed by atoms with E-state index in [1.165, 1.54) is 0 Å². The van der Waals surface area contributed by atoms with E-state index in [1.54, 1.807) is 24.3 Å². The topological polar surface area (TPSA) is 61.2 Å². The van der Waals surface area contributed by atoms with Gasteiger partial charge in [0.1, 0.15) is 0 Å². The molecule has 0 fully saturated rings. The van der Waals surface area contributed by atoms with Crippen LogP contribution < -0.4 is 0 Å². The van der Waals surface area contributed by atoms with Gasteiger partial charge in [-0.05, 0) is 44.4 Å². The molecule has 3 heterocycles. The van der Waals surface area contributed by atoms with Crippen LogP contribution in [0.25, 0.3) is 27.5 Å². The Balaban J connectivity index is 0.000000213. The van der Waals surface area contributed by atoms with Crippen molar-refractivity contribution in [1.29, 1.82) is 0 Å². The number of hydrogen-bond acceptors (Lipinski definition) is 3. The maximum atomic E-state index is 9.53. The molecule has 5 heteroatoms. The summed E-state index contributed by atoms with van der Waals surface area (Å²) in [5.74, 6) is 0. The number of fused-ring (bicyclic) bond motifs is 3. The normalized spacial score (nSPS) is 12.9. The summed E-state index contributed by atoms with van der Waals surface area (Å²) < 4.78 is 48.3. The zero-order valence-electron chi connectivity index (χ0n) is 25.2. The minimum atomic E-state index is -2.54.